The van der Waals surface area contributed by atoms with E-state index in [1.54, 1.807) is 12.1 Å². The zero-order valence-electron chi connectivity index (χ0n) is 10.4. The molecule has 3 nitrogen and oxygen atoms in total. The van der Waals surface area contributed by atoms with Crippen molar-refractivity contribution >= 4 is 23.4 Å². The standard InChI is InChI=1S/C15H15NO2S/c17-13-8-4-5-9-14(13)19-11-10-15(18)16-12-6-2-1-3-7-12/h1-9,17H,10-11H2,(H,16,18). The monoisotopic (exact) mass is 273 g/mol. The van der Waals surface area contributed by atoms with Crippen LogP contribution in [0.3, 0.4) is 0 Å². The molecule has 98 valence electrons. The van der Waals surface area contributed by atoms with Gasteiger partial charge in [-0.15, -0.1) is 11.8 Å². The zero-order chi connectivity index (χ0) is 13.5. The van der Waals surface area contributed by atoms with Crippen molar-refractivity contribution in [2.75, 3.05) is 11.1 Å². The summed E-state index contributed by atoms with van der Waals surface area (Å²) in [6, 6.07) is 16.5. The van der Waals surface area contributed by atoms with E-state index >= 15 is 0 Å². The summed E-state index contributed by atoms with van der Waals surface area (Å²) in [6.45, 7) is 0. The van der Waals surface area contributed by atoms with Crippen LogP contribution in [0.1, 0.15) is 6.42 Å². The molecule has 0 bridgehead atoms. The molecule has 2 N–H and O–H groups in total. The van der Waals surface area contributed by atoms with Crippen molar-refractivity contribution in [3.05, 3.63) is 54.6 Å². The SMILES string of the molecule is O=C(CCSc1ccccc1O)Nc1ccccc1. The van der Waals surface area contributed by atoms with Crippen LogP contribution in [-0.2, 0) is 4.79 Å². The summed E-state index contributed by atoms with van der Waals surface area (Å²) < 4.78 is 0. The second kappa shape index (κ2) is 6.85. The van der Waals surface area contributed by atoms with E-state index in [0.29, 0.717) is 12.2 Å². The van der Waals surface area contributed by atoms with Crippen LogP contribution in [-0.4, -0.2) is 16.8 Å². The van der Waals surface area contributed by atoms with Crippen LogP contribution in [0.15, 0.2) is 59.5 Å². The fourth-order valence-electron chi connectivity index (χ4n) is 1.58. The van der Waals surface area contributed by atoms with Gasteiger partial charge in [-0.2, -0.15) is 0 Å². The van der Waals surface area contributed by atoms with Gasteiger partial charge in [0.15, 0.2) is 0 Å². The van der Waals surface area contributed by atoms with E-state index < -0.39 is 0 Å². The Bertz CT molecular complexity index is 543. The second-order valence-corrected chi connectivity index (χ2v) is 5.12. The van der Waals surface area contributed by atoms with Crippen molar-refractivity contribution in [2.45, 2.75) is 11.3 Å². The number of thioether (sulfide) groups is 1. The molecule has 0 radical (unpaired) electrons. The van der Waals surface area contributed by atoms with Crippen molar-refractivity contribution in [1.29, 1.82) is 0 Å². The fraction of sp³-hybridized carbons (Fsp3) is 0.133. The van der Waals surface area contributed by atoms with Crippen molar-refractivity contribution in [3.8, 4) is 5.75 Å². The Morgan fingerprint density at radius 3 is 2.47 bits per heavy atom. The quantitative estimate of drug-likeness (QED) is 0.820. The van der Waals surface area contributed by atoms with E-state index in [2.05, 4.69) is 5.32 Å². The predicted octanol–water partition coefficient (Wildman–Crippen LogP) is 3.51. The highest BCUT2D eigenvalue weighted by atomic mass is 32.2. The molecule has 0 unspecified atom stereocenters. The van der Waals surface area contributed by atoms with Crippen LogP contribution in [0.25, 0.3) is 0 Å². The second-order valence-electron chi connectivity index (χ2n) is 3.98. The first-order chi connectivity index (χ1) is 9.25. The van der Waals surface area contributed by atoms with Crippen LogP contribution in [0, 0.1) is 0 Å². The molecule has 0 fully saturated rings. The van der Waals surface area contributed by atoms with Crippen molar-refractivity contribution < 1.29 is 9.90 Å². The van der Waals surface area contributed by atoms with Gasteiger partial charge in [-0.3, -0.25) is 4.79 Å². The molecule has 0 saturated carbocycles. The third-order valence-electron chi connectivity index (χ3n) is 2.51. The number of carbonyl (C=O) groups excluding carboxylic acids is 1. The minimum Gasteiger partial charge on any atom is -0.507 e. The van der Waals surface area contributed by atoms with Crippen LogP contribution in [0.4, 0.5) is 5.69 Å². The maximum atomic E-state index is 11.7. The number of amides is 1. The first-order valence-electron chi connectivity index (χ1n) is 6.01. The summed E-state index contributed by atoms with van der Waals surface area (Å²) in [5.41, 5.74) is 0.806. The molecule has 2 rings (SSSR count). The normalized spacial score (nSPS) is 10.1. The van der Waals surface area contributed by atoms with Gasteiger partial charge in [0, 0.05) is 22.8 Å². The number of phenolic OH excluding ortho intramolecular Hbond substituents is 1. The molecule has 2 aromatic rings. The number of aromatic hydroxyl groups is 1. The van der Waals surface area contributed by atoms with Crippen LogP contribution in [0.2, 0.25) is 0 Å². The van der Waals surface area contributed by atoms with Gasteiger partial charge in [-0.05, 0) is 24.3 Å². The van der Waals surface area contributed by atoms with Gasteiger partial charge >= 0.3 is 0 Å². The van der Waals surface area contributed by atoms with Gasteiger partial charge in [-0.1, -0.05) is 30.3 Å². The van der Waals surface area contributed by atoms with Gasteiger partial charge in [0.1, 0.15) is 5.75 Å². The predicted molar refractivity (Wildman–Crippen MR) is 78.5 cm³/mol. The minimum atomic E-state index is -0.0193. The molecule has 0 aliphatic heterocycles. The lowest BCUT2D eigenvalue weighted by Crippen LogP contribution is -2.11. The third kappa shape index (κ3) is 4.34. The van der Waals surface area contributed by atoms with E-state index in [9.17, 15) is 9.90 Å². The van der Waals surface area contributed by atoms with Crippen molar-refractivity contribution in [1.82, 2.24) is 0 Å². The van der Waals surface area contributed by atoms with E-state index in [1.165, 1.54) is 11.8 Å². The fourth-order valence-corrected chi connectivity index (χ4v) is 2.48. The molecule has 1 amide bonds. The first-order valence-corrected chi connectivity index (χ1v) is 7.00. The Labute approximate surface area is 116 Å². The van der Waals surface area contributed by atoms with Crippen LogP contribution in [0.5, 0.6) is 5.75 Å². The van der Waals surface area contributed by atoms with E-state index in [4.69, 9.17) is 0 Å². The Morgan fingerprint density at radius 1 is 1.05 bits per heavy atom. The average molecular weight is 273 g/mol. The number of hydrogen-bond donors (Lipinski definition) is 2. The molecule has 2 aromatic carbocycles. The topological polar surface area (TPSA) is 49.3 Å². The molecule has 0 aromatic heterocycles. The Kier molecular flexibility index (Phi) is 4.86. The first kappa shape index (κ1) is 13.5. The summed E-state index contributed by atoms with van der Waals surface area (Å²) in [5, 5.41) is 12.4. The van der Waals surface area contributed by atoms with Crippen molar-refractivity contribution in [3.63, 3.8) is 0 Å². The Morgan fingerprint density at radius 2 is 1.74 bits per heavy atom. The Hall–Kier alpha value is -1.94. The van der Waals surface area contributed by atoms with Crippen LogP contribution < -0.4 is 5.32 Å². The maximum Gasteiger partial charge on any atom is 0.225 e. The summed E-state index contributed by atoms with van der Waals surface area (Å²) in [6.07, 6.45) is 0.411. The molecule has 19 heavy (non-hydrogen) atoms. The average Bonchev–Trinajstić information content (AvgIpc) is 2.42. The van der Waals surface area contributed by atoms with E-state index in [0.717, 1.165) is 10.6 Å². The summed E-state index contributed by atoms with van der Waals surface area (Å²) in [5.74, 6) is 0.876. The number of nitrogens with one attached hydrogen (secondary N) is 1. The van der Waals surface area contributed by atoms with Gasteiger partial charge in [0.2, 0.25) is 5.91 Å². The number of para-hydroxylation sites is 2. The number of rotatable bonds is 5. The van der Waals surface area contributed by atoms with Crippen LogP contribution >= 0.6 is 11.8 Å². The van der Waals surface area contributed by atoms with Crippen molar-refractivity contribution in [2.24, 2.45) is 0 Å². The number of benzene rings is 2. The molecule has 4 heteroatoms. The molecule has 0 atom stereocenters. The van der Waals surface area contributed by atoms with Gasteiger partial charge in [0.05, 0.1) is 0 Å². The van der Waals surface area contributed by atoms with Gasteiger partial charge in [0.25, 0.3) is 0 Å². The molecule has 0 spiro atoms. The number of carbonyl (C=O) groups is 1. The van der Waals surface area contributed by atoms with E-state index in [-0.39, 0.29) is 11.7 Å². The highest BCUT2D eigenvalue weighted by molar-refractivity contribution is 7.99. The number of phenols is 1. The van der Waals surface area contributed by atoms with E-state index in [1.807, 2.05) is 42.5 Å². The number of hydrogen-bond acceptors (Lipinski definition) is 3. The molecule has 0 aliphatic carbocycles. The lowest BCUT2D eigenvalue weighted by molar-refractivity contribution is -0.115. The minimum absolute atomic E-state index is 0.0193. The number of anilines is 1. The Balaban J connectivity index is 1.77. The highest BCUT2D eigenvalue weighted by Crippen LogP contribution is 2.27. The van der Waals surface area contributed by atoms with Gasteiger partial charge in [-0.25, -0.2) is 0 Å². The molecular formula is C15H15NO2S. The summed E-state index contributed by atoms with van der Waals surface area (Å²) in [4.78, 5) is 12.5. The maximum absolute atomic E-state index is 11.7. The largest absolute Gasteiger partial charge is 0.507 e. The summed E-state index contributed by atoms with van der Waals surface area (Å²) in [7, 11) is 0. The van der Waals surface area contributed by atoms with Gasteiger partial charge < -0.3 is 10.4 Å². The molecule has 0 saturated heterocycles. The molecule has 0 aliphatic rings. The summed E-state index contributed by atoms with van der Waals surface area (Å²) >= 11 is 1.48. The molecular weight excluding hydrogens is 258 g/mol. The lowest BCUT2D eigenvalue weighted by Gasteiger charge is -2.05. The third-order valence-corrected chi connectivity index (χ3v) is 3.57. The lowest BCUT2D eigenvalue weighted by atomic mass is 10.3. The molecule has 0 heterocycles. The highest BCUT2D eigenvalue weighted by Gasteiger charge is 2.04. The smallest absolute Gasteiger partial charge is 0.225 e. The zero-order valence-corrected chi connectivity index (χ0v) is 11.2.